The third-order valence-electron chi connectivity index (χ3n) is 8.06. The van der Waals surface area contributed by atoms with E-state index in [1.807, 2.05) is 67.6 Å². The van der Waals surface area contributed by atoms with Crippen molar-refractivity contribution in [2.75, 3.05) is 5.32 Å². The number of benzene rings is 2. The lowest BCUT2D eigenvalue weighted by Crippen LogP contribution is -2.50. The Hall–Kier alpha value is -3.65. The van der Waals surface area contributed by atoms with Gasteiger partial charge in [0.05, 0.1) is 0 Å². The summed E-state index contributed by atoms with van der Waals surface area (Å²) in [6.45, 7) is 1.86. The quantitative estimate of drug-likeness (QED) is 0.356. The first kappa shape index (κ1) is 26.9. The highest BCUT2D eigenvalue weighted by Crippen LogP contribution is 2.41. The lowest BCUT2D eigenvalue weighted by atomic mass is 9.71. The summed E-state index contributed by atoms with van der Waals surface area (Å²) >= 11 is 0. The Morgan fingerprint density at radius 2 is 1.64 bits per heavy atom. The zero-order valence-electron chi connectivity index (χ0n) is 22.3. The molecule has 1 heterocycles. The van der Waals surface area contributed by atoms with Crippen LogP contribution in [0.25, 0.3) is 22.4 Å². The second-order valence-corrected chi connectivity index (χ2v) is 11.0. The number of carbonyl (C=O) groups is 2. The Morgan fingerprint density at radius 1 is 0.949 bits per heavy atom. The van der Waals surface area contributed by atoms with Gasteiger partial charge in [-0.1, -0.05) is 61.5 Å². The summed E-state index contributed by atoms with van der Waals surface area (Å²) in [5, 5.41) is 14.9. The topological polar surface area (TPSA) is 110 Å². The molecule has 0 aliphatic heterocycles. The molecule has 204 valence electrons. The number of nitrogens with one attached hydrogen (secondary N) is 2. The average Bonchev–Trinajstić information content (AvgIpc) is 2.94. The molecule has 0 unspecified atom stereocenters. The van der Waals surface area contributed by atoms with Crippen molar-refractivity contribution in [3.8, 4) is 22.4 Å². The Morgan fingerprint density at radius 3 is 2.28 bits per heavy atom. The van der Waals surface area contributed by atoms with Gasteiger partial charge in [0, 0.05) is 48.4 Å². The van der Waals surface area contributed by atoms with Gasteiger partial charge in [0.2, 0.25) is 11.8 Å². The molecule has 2 aliphatic carbocycles. The summed E-state index contributed by atoms with van der Waals surface area (Å²) in [4.78, 5) is 24.6. The van der Waals surface area contributed by atoms with Crippen LogP contribution in [-0.4, -0.2) is 34.2 Å². The number of aromatic nitrogens is 2. The molecule has 2 aromatic carbocycles. The molecular formula is C31H36FN5O2. The summed E-state index contributed by atoms with van der Waals surface area (Å²) in [6, 6.07) is 19.7. The minimum Gasteiger partial charge on any atom is -0.353 e. The maximum Gasteiger partial charge on any atom is 0.225 e. The van der Waals surface area contributed by atoms with E-state index in [0.717, 1.165) is 47.9 Å². The van der Waals surface area contributed by atoms with Gasteiger partial charge in [-0.2, -0.15) is 0 Å². The Kier molecular flexibility index (Phi) is 8.02. The SMILES string of the molecule is CCC(=O)NC1CCC(CC(=O)Nc2cc(-c3ccccc3)c(-c3ccc(C4(N)CC(F)C4)cc3)nn2)CC1. The van der Waals surface area contributed by atoms with E-state index < -0.39 is 11.7 Å². The second kappa shape index (κ2) is 11.6. The fourth-order valence-electron chi connectivity index (χ4n) is 5.73. The third kappa shape index (κ3) is 6.33. The fourth-order valence-corrected chi connectivity index (χ4v) is 5.73. The maximum absolute atomic E-state index is 13.5. The minimum atomic E-state index is -0.837. The van der Waals surface area contributed by atoms with E-state index in [0.29, 0.717) is 37.2 Å². The lowest BCUT2D eigenvalue weighted by molar-refractivity contribution is -0.122. The largest absolute Gasteiger partial charge is 0.353 e. The Bertz CT molecular complexity index is 1300. The Labute approximate surface area is 228 Å². The first-order valence-electron chi connectivity index (χ1n) is 13.9. The molecule has 2 aliphatic rings. The molecular weight excluding hydrogens is 493 g/mol. The van der Waals surface area contributed by atoms with Crippen LogP contribution < -0.4 is 16.4 Å². The molecule has 0 atom stereocenters. The lowest BCUT2D eigenvalue weighted by Gasteiger charge is -2.41. The summed E-state index contributed by atoms with van der Waals surface area (Å²) in [5.41, 5.74) is 10.1. The summed E-state index contributed by atoms with van der Waals surface area (Å²) in [7, 11) is 0. The smallest absolute Gasteiger partial charge is 0.225 e. The van der Waals surface area contributed by atoms with Crippen LogP contribution in [0.2, 0.25) is 0 Å². The van der Waals surface area contributed by atoms with Crippen molar-refractivity contribution in [3.63, 3.8) is 0 Å². The molecule has 2 saturated carbocycles. The highest BCUT2D eigenvalue weighted by atomic mass is 19.1. The molecule has 5 rings (SSSR count). The fraction of sp³-hybridized carbons (Fsp3) is 0.419. The van der Waals surface area contributed by atoms with E-state index in [9.17, 15) is 14.0 Å². The Balaban J connectivity index is 1.29. The standard InChI is InChI=1S/C31H36FN5O2/c1-2-28(38)34-25-14-8-20(9-15-25)16-29(39)35-27-17-26(21-6-4-3-5-7-21)30(37-36-27)22-10-12-23(13-11-22)31(33)18-24(32)19-31/h3-7,10-13,17,20,24-25H,2,8-9,14-16,18-19,33H2,1H3,(H,34,38)(H,35,36,39). The van der Waals surface area contributed by atoms with Crippen LogP contribution in [0, 0.1) is 5.92 Å². The second-order valence-electron chi connectivity index (χ2n) is 11.0. The van der Waals surface area contributed by atoms with Crippen LogP contribution in [0.15, 0.2) is 60.7 Å². The van der Waals surface area contributed by atoms with Gasteiger partial charge < -0.3 is 16.4 Å². The number of rotatable bonds is 8. The van der Waals surface area contributed by atoms with E-state index in [1.165, 1.54) is 0 Å². The van der Waals surface area contributed by atoms with E-state index in [1.54, 1.807) is 0 Å². The van der Waals surface area contributed by atoms with Crippen molar-refractivity contribution in [1.82, 2.24) is 15.5 Å². The van der Waals surface area contributed by atoms with Gasteiger partial charge in [-0.15, -0.1) is 10.2 Å². The van der Waals surface area contributed by atoms with Crippen LogP contribution in [-0.2, 0) is 15.1 Å². The molecule has 8 heteroatoms. The van der Waals surface area contributed by atoms with E-state index in [-0.39, 0.29) is 23.8 Å². The summed E-state index contributed by atoms with van der Waals surface area (Å²) in [5.74, 6) is 0.696. The molecule has 2 amide bonds. The van der Waals surface area contributed by atoms with Crippen molar-refractivity contribution in [2.45, 2.75) is 76.0 Å². The van der Waals surface area contributed by atoms with Crippen LogP contribution >= 0.6 is 0 Å². The predicted octanol–water partition coefficient (Wildman–Crippen LogP) is 5.51. The number of alkyl halides is 1. The predicted molar refractivity (Wildman–Crippen MR) is 150 cm³/mol. The number of anilines is 1. The zero-order chi connectivity index (χ0) is 27.4. The molecule has 2 fully saturated rings. The molecule has 7 nitrogen and oxygen atoms in total. The number of hydrogen-bond donors (Lipinski definition) is 3. The van der Waals surface area contributed by atoms with Gasteiger partial charge in [0.15, 0.2) is 5.82 Å². The van der Waals surface area contributed by atoms with Crippen molar-refractivity contribution < 1.29 is 14.0 Å². The van der Waals surface area contributed by atoms with Crippen LogP contribution in [0.1, 0.15) is 63.9 Å². The number of nitrogens with two attached hydrogens (primary N) is 1. The highest BCUT2D eigenvalue weighted by Gasteiger charge is 2.42. The number of carbonyl (C=O) groups excluding carboxylic acids is 2. The summed E-state index contributed by atoms with van der Waals surface area (Å²) < 4.78 is 13.5. The van der Waals surface area contributed by atoms with Crippen molar-refractivity contribution in [3.05, 3.63) is 66.2 Å². The van der Waals surface area contributed by atoms with Gasteiger partial charge in [-0.05, 0) is 48.8 Å². The van der Waals surface area contributed by atoms with Gasteiger partial charge in [-0.25, -0.2) is 4.39 Å². The van der Waals surface area contributed by atoms with Gasteiger partial charge in [0.1, 0.15) is 11.9 Å². The van der Waals surface area contributed by atoms with Gasteiger partial charge in [0.25, 0.3) is 0 Å². The molecule has 0 saturated heterocycles. The number of hydrogen-bond acceptors (Lipinski definition) is 5. The molecule has 0 spiro atoms. The monoisotopic (exact) mass is 529 g/mol. The number of halogens is 1. The van der Waals surface area contributed by atoms with Crippen LogP contribution in [0.3, 0.4) is 0 Å². The minimum absolute atomic E-state index is 0.0821. The highest BCUT2D eigenvalue weighted by molar-refractivity contribution is 5.91. The number of amides is 2. The summed E-state index contributed by atoms with van der Waals surface area (Å²) in [6.07, 6.45) is 4.37. The first-order chi connectivity index (χ1) is 18.8. The molecule has 39 heavy (non-hydrogen) atoms. The molecule has 0 bridgehead atoms. The molecule has 0 radical (unpaired) electrons. The van der Waals surface area contributed by atoms with E-state index >= 15 is 0 Å². The maximum atomic E-state index is 13.5. The van der Waals surface area contributed by atoms with Gasteiger partial charge >= 0.3 is 0 Å². The third-order valence-corrected chi connectivity index (χ3v) is 8.06. The van der Waals surface area contributed by atoms with E-state index in [4.69, 9.17) is 5.73 Å². The zero-order valence-corrected chi connectivity index (χ0v) is 22.3. The van der Waals surface area contributed by atoms with Crippen molar-refractivity contribution in [1.29, 1.82) is 0 Å². The van der Waals surface area contributed by atoms with Crippen molar-refractivity contribution in [2.24, 2.45) is 11.7 Å². The number of nitrogens with zero attached hydrogens (tertiary/aromatic N) is 2. The molecule has 4 N–H and O–H groups in total. The average molecular weight is 530 g/mol. The molecule has 3 aromatic rings. The van der Waals surface area contributed by atoms with Crippen LogP contribution in [0.5, 0.6) is 0 Å². The van der Waals surface area contributed by atoms with Gasteiger partial charge in [-0.3, -0.25) is 9.59 Å². The van der Waals surface area contributed by atoms with Crippen LogP contribution in [0.4, 0.5) is 10.2 Å². The molecule has 1 aromatic heterocycles. The first-order valence-corrected chi connectivity index (χ1v) is 13.9. The normalized spacial score (nSPS) is 24.4. The van der Waals surface area contributed by atoms with Crippen molar-refractivity contribution >= 4 is 17.6 Å². The van der Waals surface area contributed by atoms with E-state index in [2.05, 4.69) is 20.8 Å².